The first-order chi connectivity index (χ1) is 9.53. The maximum absolute atomic E-state index is 12.8. The van der Waals surface area contributed by atoms with Crippen LogP contribution >= 0.6 is 11.6 Å². The molecule has 1 saturated heterocycles. The summed E-state index contributed by atoms with van der Waals surface area (Å²) in [6.07, 6.45) is 2.41. The highest BCUT2D eigenvalue weighted by Gasteiger charge is 2.53. The maximum Gasteiger partial charge on any atom is 0.233 e. The first-order valence-electron chi connectivity index (χ1n) is 7.26. The van der Waals surface area contributed by atoms with Gasteiger partial charge in [-0.2, -0.15) is 0 Å². The van der Waals surface area contributed by atoms with E-state index in [4.69, 9.17) is 11.6 Å². The third-order valence-corrected chi connectivity index (χ3v) is 5.00. The summed E-state index contributed by atoms with van der Waals surface area (Å²) in [4.78, 5) is 14.7. The molecule has 1 saturated carbocycles. The summed E-state index contributed by atoms with van der Waals surface area (Å²) in [5.74, 6) is 0.447. The number of amides is 1. The van der Waals surface area contributed by atoms with Crippen molar-refractivity contribution in [3.05, 3.63) is 34.9 Å². The minimum absolute atomic E-state index is 0.222. The van der Waals surface area contributed by atoms with Gasteiger partial charge in [-0.3, -0.25) is 4.79 Å². The molecule has 0 radical (unpaired) electrons. The molecule has 20 heavy (non-hydrogen) atoms. The lowest BCUT2D eigenvalue weighted by atomic mass is 9.94. The Bertz CT molecular complexity index is 508. The molecule has 1 aromatic carbocycles. The van der Waals surface area contributed by atoms with Crippen molar-refractivity contribution in [2.45, 2.75) is 37.7 Å². The molecule has 2 fully saturated rings. The van der Waals surface area contributed by atoms with Crippen LogP contribution < -0.4 is 0 Å². The fourth-order valence-electron chi connectivity index (χ4n) is 3.19. The standard InChI is InChI=1S/C16H20ClNO2/c1-11(19)12-6-9-18(10-12)15(20)16(7-8-16)13-2-4-14(17)5-3-13/h2-5,11-12,19H,6-10H2,1H3. The predicted molar refractivity (Wildman–Crippen MR) is 78.7 cm³/mol. The Morgan fingerprint density at radius 1 is 1.40 bits per heavy atom. The van der Waals surface area contributed by atoms with Gasteiger partial charge >= 0.3 is 0 Å². The number of aliphatic hydroxyl groups excluding tert-OH is 1. The Morgan fingerprint density at radius 3 is 2.55 bits per heavy atom. The fourth-order valence-corrected chi connectivity index (χ4v) is 3.31. The summed E-state index contributed by atoms with van der Waals surface area (Å²) in [5, 5.41) is 10.4. The van der Waals surface area contributed by atoms with E-state index in [1.165, 1.54) is 0 Å². The first-order valence-corrected chi connectivity index (χ1v) is 7.64. The summed E-state index contributed by atoms with van der Waals surface area (Å²) in [6.45, 7) is 3.26. The van der Waals surface area contributed by atoms with Crippen molar-refractivity contribution in [1.82, 2.24) is 4.90 Å². The van der Waals surface area contributed by atoms with Crippen LogP contribution in [0.5, 0.6) is 0 Å². The number of carbonyl (C=O) groups excluding carboxylic acids is 1. The SMILES string of the molecule is CC(O)C1CCN(C(=O)C2(c3ccc(Cl)cc3)CC2)C1. The van der Waals surface area contributed by atoms with E-state index in [1.54, 1.807) is 0 Å². The number of rotatable bonds is 3. The molecule has 4 heteroatoms. The van der Waals surface area contributed by atoms with Gasteiger partial charge in [0.05, 0.1) is 11.5 Å². The van der Waals surface area contributed by atoms with Gasteiger partial charge in [0, 0.05) is 24.0 Å². The summed E-state index contributed by atoms with van der Waals surface area (Å²) in [6, 6.07) is 7.64. The van der Waals surface area contributed by atoms with Crippen molar-refractivity contribution < 1.29 is 9.90 Å². The molecule has 1 heterocycles. The van der Waals surface area contributed by atoms with Gasteiger partial charge in [0.25, 0.3) is 0 Å². The number of nitrogens with zero attached hydrogens (tertiary/aromatic N) is 1. The second kappa shape index (κ2) is 5.05. The molecule has 1 aliphatic carbocycles. The monoisotopic (exact) mass is 293 g/mol. The van der Waals surface area contributed by atoms with Gasteiger partial charge in [-0.1, -0.05) is 23.7 Å². The Kier molecular flexibility index (Phi) is 3.51. The second-order valence-electron chi connectivity index (χ2n) is 6.13. The molecule has 0 bridgehead atoms. The fraction of sp³-hybridized carbons (Fsp3) is 0.562. The molecule has 0 aromatic heterocycles. The molecule has 108 valence electrons. The predicted octanol–water partition coefficient (Wildman–Crippen LogP) is 2.60. The lowest BCUT2D eigenvalue weighted by Gasteiger charge is -2.24. The molecule has 2 atom stereocenters. The van der Waals surface area contributed by atoms with E-state index in [-0.39, 0.29) is 23.3 Å². The molecule has 1 aromatic rings. The van der Waals surface area contributed by atoms with Crippen LogP contribution in [-0.4, -0.2) is 35.1 Å². The minimum atomic E-state index is -0.335. The second-order valence-corrected chi connectivity index (χ2v) is 6.57. The quantitative estimate of drug-likeness (QED) is 0.930. The number of carbonyl (C=O) groups is 1. The Balaban J connectivity index is 1.76. The van der Waals surface area contributed by atoms with Crippen molar-refractivity contribution in [1.29, 1.82) is 0 Å². The molecule has 3 rings (SSSR count). The van der Waals surface area contributed by atoms with Crippen molar-refractivity contribution in [3.8, 4) is 0 Å². The van der Waals surface area contributed by atoms with Gasteiger partial charge in [-0.15, -0.1) is 0 Å². The molecular formula is C16H20ClNO2. The van der Waals surface area contributed by atoms with E-state index in [0.29, 0.717) is 11.6 Å². The topological polar surface area (TPSA) is 40.5 Å². The molecule has 1 N–H and O–H groups in total. The first kappa shape index (κ1) is 13.9. The zero-order valence-corrected chi connectivity index (χ0v) is 12.4. The van der Waals surface area contributed by atoms with Crippen molar-refractivity contribution in [2.24, 2.45) is 5.92 Å². The van der Waals surface area contributed by atoms with Crippen molar-refractivity contribution in [2.75, 3.05) is 13.1 Å². The zero-order chi connectivity index (χ0) is 14.3. The third-order valence-electron chi connectivity index (χ3n) is 4.75. The molecule has 3 nitrogen and oxygen atoms in total. The van der Waals surface area contributed by atoms with Gasteiger partial charge in [-0.05, 0) is 43.9 Å². The van der Waals surface area contributed by atoms with E-state index in [0.717, 1.165) is 31.4 Å². The number of benzene rings is 1. The van der Waals surface area contributed by atoms with E-state index in [9.17, 15) is 9.90 Å². The van der Waals surface area contributed by atoms with Gasteiger partial charge in [-0.25, -0.2) is 0 Å². The number of aliphatic hydroxyl groups is 1. The molecule has 2 aliphatic rings. The highest BCUT2D eigenvalue weighted by atomic mass is 35.5. The summed E-state index contributed by atoms with van der Waals surface area (Å²) >= 11 is 5.92. The van der Waals surface area contributed by atoms with E-state index >= 15 is 0 Å². The number of likely N-dealkylation sites (tertiary alicyclic amines) is 1. The van der Waals surface area contributed by atoms with E-state index < -0.39 is 0 Å². The maximum atomic E-state index is 12.8. The average molecular weight is 294 g/mol. The molecular weight excluding hydrogens is 274 g/mol. The van der Waals surface area contributed by atoms with Gasteiger partial charge in [0.15, 0.2) is 0 Å². The Morgan fingerprint density at radius 2 is 2.05 bits per heavy atom. The highest BCUT2D eigenvalue weighted by Crippen LogP contribution is 2.50. The molecule has 2 unspecified atom stereocenters. The Labute approximate surface area is 124 Å². The normalized spacial score (nSPS) is 25.6. The van der Waals surface area contributed by atoms with Crippen LogP contribution in [0.15, 0.2) is 24.3 Å². The summed E-state index contributed by atoms with van der Waals surface area (Å²) in [5.41, 5.74) is 0.755. The minimum Gasteiger partial charge on any atom is -0.393 e. The Hall–Kier alpha value is -1.06. The zero-order valence-electron chi connectivity index (χ0n) is 11.7. The van der Waals surface area contributed by atoms with E-state index in [2.05, 4.69) is 0 Å². The number of hydrogen-bond donors (Lipinski definition) is 1. The molecule has 1 aliphatic heterocycles. The van der Waals surface area contributed by atoms with Crippen LogP contribution in [0.2, 0.25) is 5.02 Å². The molecule has 0 spiro atoms. The average Bonchev–Trinajstić information content (AvgIpc) is 3.08. The largest absolute Gasteiger partial charge is 0.393 e. The summed E-state index contributed by atoms with van der Waals surface area (Å²) < 4.78 is 0. The summed E-state index contributed by atoms with van der Waals surface area (Å²) in [7, 11) is 0. The molecule has 1 amide bonds. The van der Waals surface area contributed by atoms with Crippen LogP contribution in [0, 0.1) is 5.92 Å². The lowest BCUT2D eigenvalue weighted by molar-refractivity contribution is -0.133. The lowest BCUT2D eigenvalue weighted by Crippen LogP contribution is -2.38. The van der Waals surface area contributed by atoms with Crippen molar-refractivity contribution in [3.63, 3.8) is 0 Å². The van der Waals surface area contributed by atoms with Crippen LogP contribution in [0.25, 0.3) is 0 Å². The number of halogens is 1. The van der Waals surface area contributed by atoms with Gasteiger partial charge < -0.3 is 10.0 Å². The van der Waals surface area contributed by atoms with Crippen LogP contribution in [0.3, 0.4) is 0 Å². The van der Waals surface area contributed by atoms with E-state index in [1.807, 2.05) is 36.1 Å². The van der Waals surface area contributed by atoms with Crippen LogP contribution in [0.4, 0.5) is 0 Å². The van der Waals surface area contributed by atoms with Gasteiger partial charge in [0.2, 0.25) is 5.91 Å². The number of hydrogen-bond acceptors (Lipinski definition) is 2. The highest BCUT2D eigenvalue weighted by molar-refractivity contribution is 6.30. The van der Waals surface area contributed by atoms with Crippen LogP contribution in [-0.2, 0) is 10.2 Å². The van der Waals surface area contributed by atoms with Crippen molar-refractivity contribution >= 4 is 17.5 Å². The third kappa shape index (κ3) is 2.33. The smallest absolute Gasteiger partial charge is 0.233 e. The van der Waals surface area contributed by atoms with Crippen LogP contribution in [0.1, 0.15) is 31.7 Å². The van der Waals surface area contributed by atoms with Gasteiger partial charge in [0.1, 0.15) is 0 Å².